The average Bonchev–Trinajstić information content (AvgIpc) is 2.65. The van der Waals surface area contributed by atoms with Crippen LogP contribution in [0.25, 0.3) is 10.9 Å². The zero-order valence-electron chi connectivity index (χ0n) is 14.5. The van der Waals surface area contributed by atoms with Gasteiger partial charge in [-0.15, -0.1) is 0 Å². The summed E-state index contributed by atoms with van der Waals surface area (Å²) in [4.78, 5) is 2.50. The summed E-state index contributed by atoms with van der Waals surface area (Å²) in [6.07, 6.45) is 8.78. The molecule has 5 nitrogen and oxygen atoms in total. The lowest BCUT2D eigenvalue weighted by molar-refractivity contribution is 0.202. The lowest BCUT2D eigenvalue weighted by Crippen LogP contribution is -2.42. The van der Waals surface area contributed by atoms with Crippen LogP contribution in [0, 0.1) is 11.8 Å². The third-order valence-electron chi connectivity index (χ3n) is 5.76. The summed E-state index contributed by atoms with van der Waals surface area (Å²) in [5, 5.41) is 9.62. The SMILES string of the molecule is COc1cc2nncc(N3CC[C@H]4CCCC[C@@H]4C3)c2cc1OC. The number of anilines is 1. The Bertz CT molecular complexity index is 734. The van der Waals surface area contributed by atoms with E-state index in [0.717, 1.165) is 41.6 Å². The molecule has 0 N–H and O–H groups in total. The molecule has 2 atom stereocenters. The zero-order chi connectivity index (χ0) is 16.5. The predicted octanol–water partition coefficient (Wildman–Crippen LogP) is 3.66. The van der Waals surface area contributed by atoms with Gasteiger partial charge < -0.3 is 14.4 Å². The first kappa shape index (κ1) is 15.5. The zero-order valence-corrected chi connectivity index (χ0v) is 14.5. The molecule has 1 aliphatic carbocycles. The first-order chi connectivity index (χ1) is 11.8. The van der Waals surface area contributed by atoms with Gasteiger partial charge in [-0.05, 0) is 30.7 Å². The fraction of sp³-hybridized carbons (Fsp3) is 0.579. The molecule has 5 heteroatoms. The Kier molecular flexibility index (Phi) is 4.17. The van der Waals surface area contributed by atoms with Crippen LogP contribution in [-0.2, 0) is 0 Å². The van der Waals surface area contributed by atoms with Crippen LogP contribution in [0.15, 0.2) is 18.3 Å². The van der Waals surface area contributed by atoms with Crippen molar-refractivity contribution in [1.82, 2.24) is 10.2 Å². The standard InChI is InChI=1S/C19H25N3O2/c1-23-18-9-15-16(10-19(18)24-2)21-20-11-17(15)22-8-7-13-5-3-4-6-14(13)12-22/h9-11,13-14H,3-8,12H2,1-2H3/t13-,14-/m1/s1. The topological polar surface area (TPSA) is 47.5 Å². The predicted molar refractivity (Wildman–Crippen MR) is 94.9 cm³/mol. The molecule has 2 fully saturated rings. The van der Waals surface area contributed by atoms with E-state index in [9.17, 15) is 0 Å². The molecule has 1 aromatic carbocycles. The van der Waals surface area contributed by atoms with Crippen LogP contribution in [0.3, 0.4) is 0 Å². The van der Waals surface area contributed by atoms with Crippen LogP contribution in [0.2, 0.25) is 0 Å². The molecule has 4 rings (SSSR count). The average molecular weight is 327 g/mol. The van der Waals surface area contributed by atoms with Crippen LogP contribution in [0.1, 0.15) is 32.1 Å². The van der Waals surface area contributed by atoms with Gasteiger partial charge in [0.1, 0.15) is 0 Å². The van der Waals surface area contributed by atoms with Crippen LogP contribution in [0.4, 0.5) is 5.69 Å². The summed E-state index contributed by atoms with van der Waals surface area (Å²) < 4.78 is 10.9. The highest BCUT2D eigenvalue weighted by Crippen LogP contribution is 2.40. The number of hydrogen-bond acceptors (Lipinski definition) is 5. The Balaban J connectivity index is 1.71. The summed E-state index contributed by atoms with van der Waals surface area (Å²) >= 11 is 0. The molecule has 0 radical (unpaired) electrons. The number of methoxy groups -OCH3 is 2. The lowest BCUT2D eigenvalue weighted by Gasteiger charge is -2.42. The maximum Gasteiger partial charge on any atom is 0.162 e. The first-order valence-electron chi connectivity index (χ1n) is 8.92. The molecular formula is C19H25N3O2. The molecule has 0 unspecified atom stereocenters. The third-order valence-corrected chi connectivity index (χ3v) is 5.76. The van der Waals surface area contributed by atoms with Gasteiger partial charge in [-0.2, -0.15) is 10.2 Å². The fourth-order valence-electron chi connectivity index (χ4n) is 4.44. The quantitative estimate of drug-likeness (QED) is 0.861. The molecule has 24 heavy (non-hydrogen) atoms. The van der Waals surface area contributed by atoms with E-state index >= 15 is 0 Å². The minimum Gasteiger partial charge on any atom is -0.493 e. The second-order valence-electron chi connectivity index (χ2n) is 6.99. The number of benzene rings is 1. The summed E-state index contributed by atoms with van der Waals surface area (Å²) in [5.41, 5.74) is 2.03. The smallest absolute Gasteiger partial charge is 0.162 e. The largest absolute Gasteiger partial charge is 0.493 e. The van der Waals surface area contributed by atoms with Crippen molar-refractivity contribution in [2.45, 2.75) is 32.1 Å². The number of nitrogens with zero attached hydrogens (tertiary/aromatic N) is 3. The van der Waals surface area contributed by atoms with Crippen molar-refractivity contribution < 1.29 is 9.47 Å². The van der Waals surface area contributed by atoms with Crippen LogP contribution in [0.5, 0.6) is 11.5 Å². The van der Waals surface area contributed by atoms with Gasteiger partial charge >= 0.3 is 0 Å². The van der Waals surface area contributed by atoms with Crippen molar-refractivity contribution >= 4 is 16.6 Å². The highest BCUT2D eigenvalue weighted by atomic mass is 16.5. The second kappa shape index (κ2) is 6.46. The van der Waals surface area contributed by atoms with Gasteiger partial charge in [0, 0.05) is 24.5 Å². The number of aromatic nitrogens is 2. The normalized spacial score (nSPS) is 23.8. The lowest BCUT2D eigenvalue weighted by atomic mass is 9.75. The van der Waals surface area contributed by atoms with E-state index in [2.05, 4.69) is 15.1 Å². The Morgan fingerprint density at radius 1 is 1.00 bits per heavy atom. The molecule has 1 aromatic heterocycles. The number of piperidine rings is 1. The number of rotatable bonds is 3. The Hall–Kier alpha value is -2.04. The summed E-state index contributed by atoms with van der Waals surface area (Å²) in [5.74, 6) is 3.19. The minimum atomic E-state index is 0.697. The van der Waals surface area contributed by atoms with E-state index in [1.54, 1.807) is 14.2 Å². The number of hydrogen-bond donors (Lipinski definition) is 0. The molecule has 2 heterocycles. The summed E-state index contributed by atoms with van der Waals surface area (Å²) in [7, 11) is 3.32. The molecule has 1 saturated carbocycles. The molecule has 1 saturated heterocycles. The Morgan fingerprint density at radius 2 is 1.75 bits per heavy atom. The summed E-state index contributed by atoms with van der Waals surface area (Å²) in [6, 6.07) is 3.95. The van der Waals surface area contributed by atoms with Crippen molar-refractivity contribution in [3.8, 4) is 11.5 Å². The van der Waals surface area contributed by atoms with E-state index in [1.165, 1.54) is 37.8 Å². The molecule has 1 aliphatic heterocycles. The summed E-state index contributed by atoms with van der Waals surface area (Å²) in [6.45, 7) is 2.25. The van der Waals surface area contributed by atoms with Gasteiger partial charge in [-0.3, -0.25) is 0 Å². The van der Waals surface area contributed by atoms with E-state index < -0.39 is 0 Å². The van der Waals surface area contributed by atoms with Crippen molar-refractivity contribution in [3.63, 3.8) is 0 Å². The molecule has 0 amide bonds. The van der Waals surface area contributed by atoms with E-state index in [1.807, 2.05) is 18.3 Å². The van der Waals surface area contributed by atoms with E-state index in [4.69, 9.17) is 9.47 Å². The van der Waals surface area contributed by atoms with Crippen molar-refractivity contribution in [1.29, 1.82) is 0 Å². The van der Waals surface area contributed by atoms with E-state index in [-0.39, 0.29) is 0 Å². The monoisotopic (exact) mass is 327 g/mol. The van der Waals surface area contributed by atoms with Crippen molar-refractivity contribution in [2.75, 3.05) is 32.2 Å². The van der Waals surface area contributed by atoms with Gasteiger partial charge in [0.25, 0.3) is 0 Å². The molecule has 0 bridgehead atoms. The maximum absolute atomic E-state index is 5.48. The molecular weight excluding hydrogens is 302 g/mol. The van der Waals surface area contributed by atoms with Crippen molar-refractivity contribution in [2.24, 2.45) is 11.8 Å². The molecule has 0 spiro atoms. The maximum atomic E-state index is 5.48. The van der Waals surface area contributed by atoms with Gasteiger partial charge in [-0.25, -0.2) is 0 Å². The molecule has 2 aromatic rings. The van der Waals surface area contributed by atoms with Crippen LogP contribution >= 0.6 is 0 Å². The number of ether oxygens (including phenoxy) is 2. The number of fused-ring (bicyclic) bond motifs is 2. The van der Waals surface area contributed by atoms with Gasteiger partial charge in [-0.1, -0.05) is 19.3 Å². The Morgan fingerprint density at radius 3 is 2.54 bits per heavy atom. The minimum absolute atomic E-state index is 0.697. The van der Waals surface area contributed by atoms with E-state index in [0.29, 0.717) is 5.75 Å². The van der Waals surface area contributed by atoms with Gasteiger partial charge in [0.15, 0.2) is 11.5 Å². The van der Waals surface area contributed by atoms with Gasteiger partial charge in [0.2, 0.25) is 0 Å². The second-order valence-corrected chi connectivity index (χ2v) is 6.99. The highest BCUT2D eigenvalue weighted by molar-refractivity contribution is 5.93. The Labute approximate surface area is 143 Å². The van der Waals surface area contributed by atoms with Gasteiger partial charge in [0.05, 0.1) is 31.6 Å². The van der Waals surface area contributed by atoms with Crippen LogP contribution in [-0.4, -0.2) is 37.5 Å². The van der Waals surface area contributed by atoms with Crippen LogP contribution < -0.4 is 14.4 Å². The molecule has 128 valence electrons. The first-order valence-corrected chi connectivity index (χ1v) is 8.92. The fourth-order valence-corrected chi connectivity index (χ4v) is 4.44. The highest BCUT2D eigenvalue weighted by Gasteiger charge is 2.31. The molecule has 2 aliphatic rings. The third kappa shape index (κ3) is 2.66. The van der Waals surface area contributed by atoms with Crippen molar-refractivity contribution in [3.05, 3.63) is 18.3 Å².